The molecule has 0 bridgehead atoms. The zero-order valence-corrected chi connectivity index (χ0v) is 13.6. The molecular formula is C17H26O4. The molecule has 2 rings (SSSR count). The first kappa shape index (κ1) is 16.1. The van der Waals surface area contributed by atoms with Gasteiger partial charge in [-0.2, -0.15) is 0 Å². The highest BCUT2D eigenvalue weighted by Crippen LogP contribution is 2.40. The van der Waals surface area contributed by atoms with Crippen LogP contribution in [-0.2, 0) is 4.74 Å². The minimum Gasteiger partial charge on any atom is -0.485 e. The van der Waals surface area contributed by atoms with Crippen LogP contribution >= 0.6 is 0 Å². The standard InChI is InChI=1S/C17H26O4/c1-11-6-7-16(18)17(3,4)21-15-8-12(2)14(9-13(11)15)20-10-19-5/h8-9,11,16,18H,6-7,10H2,1-5H3/t11-,16+/m1/s1. The Morgan fingerprint density at radius 3 is 2.71 bits per heavy atom. The highest BCUT2D eigenvalue weighted by Gasteiger charge is 2.34. The maximum atomic E-state index is 10.3. The van der Waals surface area contributed by atoms with Crippen LogP contribution in [0.15, 0.2) is 12.1 Å². The molecule has 4 heteroatoms. The molecule has 21 heavy (non-hydrogen) atoms. The Balaban J connectivity index is 2.40. The third-order valence-electron chi connectivity index (χ3n) is 4.22. The molecule has 0 saturated carbocycles. The van der Waals surface area contributed by atoms with Gasteiger partial charge in [0, 0.05) is 12.7 Å². The van der Waals surface area contributed by atoms with Crippen molar-refractivity contribution in [1.29, 1.82) is 0 Å². The molecule has 0 amide bonds. The molecule has 4 nitrogen and oxygen atoms in total. The summed E-state index contributed by atoms with van der Waals surface area (Å²) >= 11 is 0. The lowest BCUT2D eigenvalue weighted by atomic mass is 9.87. The number of rotatable bonds is 3. The lowest BCUT2D eigenvalue weighted by Crippen LogP contribution is -2.43. The smallest absolute Gasteiger partial charge is 0.188 e. The third kappa shape index (κ3) is 3.50. The van der Waals surface area contributed by atoms with Gasteiger partial charge in [0.1, 0.15) is 17.1 Å². The Kier molecular flexibility index (Phi) is 4.79. The van der Waals surface area contributed by atoms with Gasteiger partial charge < -0.3 is 19.3 Å². The molecule has 0 fully saturated rings. The maximum absolute atomic E-state index is 10.3. The fourth-order valence-corrected chi connectivity index (χ4v) is 2.69. The second kappa shape index (κ2) is 6.24. The normalized spacial score (nSPS) is 24.5. The molecular weight excluding hydrogens is 268 g/mol. The summed E-state index contributed by atoms with van der Waals surface area (Å²) in [6.45, 7) is 8.24. The average molecular weight is 294 g/mol. The molecule has 2 atom stereocenters. The number of fused-ring (bicyclic) bond motifs is 1. The first-order valence-corrected chi connectivity index (χ1v) is 7.48. The lowest BCUT2D eigenvalue weighted by Gasteiger charge is -2.36. The lowest BCUT2D eigenvalue weighted by molar-refractivity contribution is -0.0382. The Labute approximate surface area is 127 Å². The van der Waals surface area contributed by atoms with Crippen LogP contribution in [0.4, 0.5) is 0 Å². The van der Waals surface area contributed by atoms with Gasteiger partial charge >= 0.3 is 0 Å². The van der Waals surface area contributed by atoms with Crippen LogP contribution in [-0.4, -0.2) is 30.7 Å². The van der Waals surface area contributed by atoms with E-state index in [0.29, 0.717) is 5.92 Å². The summed E-state index contributed by atoms with van der Waals surface area (Å²) in [6, 6.07) is 4.04. The van der Waals surface area contributed by atoms with Crippen LogP contribution in [0.2, 0.25) is 0 Å². The van der Waals surface area contributed by atoms with Crippen molar-refractivity contribution >= 4 is 0 Å². The fourth-order valence-electron chi connectivity index (χ4n) is 2.69. The van der Waals surface area contributed by atoms with Crippen LogP contribution in [0.1, 0.15) is 50.7 Å². The average Bonchev–Trinajstić information content (AvgIpc) is 2.42. The van der Waals surface area contributed by atoms with Crippen molar-refractivity contribution in [1.82, 2.24) is 0 Å². The van der Waals surface area contributed by atoms with Crippen molar-refractivity contribution < 1.29 is 19.3 Å². The Morgan fingerprint density at radius 2 is 2.05 bits per heavy atom. The predicted octanol–water partition coefficient (Wildman–Crippen LogP) is 3.39. The quantitative estimate of drug-likeness (QED) is 0.868. The van der Waals surface area contributed by atoms with Crippen LogP contribution < -0.4 is 9.47 Å². The van der Waals surface area contributed by atoms with Gasteiger partial charge in [-0.25, -0.2) is 0 Å². The molecule has 1 heterocycles. The fraction of sp³-hybridized carbons (Fsp3) is 0.647. The summed E-state index contributed by atoms with van der Waals surface area (Å²) < 4.78 is 16.7. The highest BCUT2D eigenvalue weighted by molar-refractivity contribution is 5.48. The number of hydrogen-bond donors (Lipinski definition) is 1. The zero-order valence-electron chi connectivity index (χ0n) is 13.6. The van der Waals surface area contributed by atoms with E-state index >= 15 is 0 Å². The largest absolute Gasteiger partial charge is 0.485 e. The van der Waals surface area contributed by atoms with E-state index in [9.17, 15) is 5.11 Å². The van der Waals surface area contributed by atoms with E-state index in [4.69, 9.17) is 14.2 Å². The summed E-state index contributed by atoms with van der Waals surface area (Å²) in [5.41, 5.74) is 1.55. The molecule has 0 aromatic heterocycles. The van der Waals surface area contributed by atoms with E-state index in [1.165, 1.54) is 0 Å². The summed E-state index contributed by atoms with van der Waals surface area (Å²) in [4.78, 5) is 0. The van der Waals surface area contributed by atoms with Crippen molar-refractivity contribution in [2.24, 2.45) is 0 Å². The minimum absolute atomic E-state index is 0.235. The molecule has 1 aliphatic rings. The van der Waals surface area contributed by atoms with Crippen molar-refractivity contribution in [3.8, 4) is 11.5 Å². The van der Waals surface area contributed by atoms with Crippen molar-refractivity contribution in [2.75, 3.05) is 13.9 Å². The molecule has 1 aromatic rings. The maximum Gasteiger partial charge on any atom is 0.188 e. The van der Waals surface area contributed by atoms with Gasteiger partial charge in [-0.3, -0.25) is 0 Å². The van der Waals surface area contributed by atoms with Crippen LogP contribution in [0.5, 0.6) is 11.5 Å². The minimum atomic E-state index is -0.587. The number of aliphatic hydroxyl groups is 1. The first-order chi connectivity index (χ1) is 9.85. The molecule has 1 N–H and O–H groups in total. The predicted molar refractivity (Wildman–Crippen MR) is 82.0 cm³/mol. The summed E-state index contributed by atoms with van der Waals surface area (Å²) in [7, 11) is 1.61. The summed E-state index contributed by atoms with van der Waals surface area (Å²) in [5.74, 6) is 1.98. The van der Waals surface area contributed by atoms with Gasteiger partial charge in [-0.15, -0.1) is 0 Å². The second-order valence-electron chi connectivity index (χ2n) is 6.41. The van der Waals surface area contributed by atoms with Gasteiger partial charge in [-0.1, -0.05) is 6.92 Å². The Bertz CT molecular complexity index is 496. The van der Waals surface area contributed by atoms with E-state index in [0.717, 1.165) is 35.5 Å². The first-order valence-electron chi connectivity index (χ1n) is 7.48. The second-order valence-corrected chi connectivity index (χ2v) is 6.41. The monoisotopic (exact) mass is 294 g/mol. The van der Waals surface area contributed by atoms with Gasteiger partial charge in [-0.05, 0) is 57.2 Å². The third-order valence-corrected chi connectivity index (χ3v) is 4.22. The molecule has 1 aliphatic heterocycles. The van der Waals surface area contributed by atoms with Gasteiger partial charge in [0.25, 0.3) is 0 Å². The number of hydrogen-bond acceptors (Lipinski definition) is 4. The molecule has 0 spiro atoms. The topological polar surface area (TPSA) is 47.9 Å². The molecule has 1 aromatic carbocycles. The zero-order chi connectivity index (χ0) is 15.6. The molecule has 0 saturated heterocycles. The van der Waals surface area contributed by atoms with Crippen LogP contribution in [0.25, 0.3) is 0 Å². The Morgan fingerprint density at radius 1 is 1.33 bits per heavy atom. The van der Waals surface area contributed by atoms with E-state index < -0.39 is 11.7 Å². The number of benzene rings is 1. The van der Waals surface area contributed by atoms with Gasteiger partial charge in [0.15, 0.2) is 6.79 Å². The summed E-state index contributed by atoms with van der Waals surface area (Å²) in [5, 5.41) is 10.3. The van der Waals surface area contributed by atoms with Crippen molar-refractivity contribution in [3.05, 3.63) is 23.3 Å². The molecule has 0 unspecified atom stereocenters. The van der Waals surface area contributed by atoms with E-state index in [1.807, 2.05) is 32.9 Å². The van der Waals surface area contributed by atoms with Gasteiger partial charge in [0.05, 0.1) is 6.10 Å². The van der Waals surface area contributed by atoms with Crippen LogP contribution in [0, 0.1) is 6.92 Å². The van der Waals surface area contributed by atoms with Crippen LogP contribution in [0.3, 0.4) is 0 Å². The number of ether oxygens (including phenoxy) is 3. The molecule has 118 valence electrons. The Hall–Kier alpha value is -1.26. The van der Waals surface area contributed by atoms with E-state index in [1.54, 1.807) is 7.11 Å². The van der Waals surface area contributed by atoms with E-state index in [-0.39, 0.29) is 6.79 Å². The van der Waals surface area contributed by atoms with E-state index in [2.05, 4.69) is 6.92 Å². The highest BCUT2D eigenvalue weighted by atomic mass is 16.7. The van der Waals surface area contributed by atoms with Crippen molar-refractivity contribution in [2.45, 2.75) is 58.2 Å². The number of aliphatic hydroxyl groups excluding tert-OH is 1. The molecule has 0 radical (unpaired) electrons. The molecule has 0 aliphatic carbocycles. The number of methoxy groups -OCH3 is 1. The number of aryl methyl sites for hydroxylation is 1. The van der Waals surface area contributed by atoms with Gasteiger partial charge in [0.2, 0.25) is 0 Å². The summed E-state index contributed by atoms with van der Waals surface area (Å²) in [6.07, 6.45) is 1.20. The van der Waals surface area contributed by atoms with Crippen molar-refractivity contribution in [3.63, 3.8) is 0 Å². The SMILES string of the molecule is COCOc1cc2c(cc1C)OC(C)(C)[C@@H](O)CC[C@H]2C.